The molecule has 7 nitrogen and oxygen atoms in total. The van der Waals surface area contributed by atoms with Crippen LogP contribution in [0.1, 0.15) is 20.7 Å². The first kappa shape index (κ1) is 14.6. The van der Waals surface area contributed by atoms with E-state index >= 15 is 0 Å². The number of carbonyl (C=O) groups excluding carboxylic acids is 2. The molecule has 0 aliphatic rings. The quantitative estimate of drug-likeness (QED) is 0.642. The number of nitrogens with one attached hydrogen (secondary N) is 3. The zero-order valence-corrected chi connectivity index (χ0v) is 12.2. The number of carbonyl (C=O) groups is 2. The van der Waals surface area contributed by atoms with Crippen LogP contribution in [-0.4, -0.2) is 29.0 Å². The Morgan fingerprint density at radius 2 is 1.87 bits per heavy atom. The molecule has 0 bridgehead atoms. The lowest BCUT2D eigenvalue weighted by molar-refractivity contribution is 0.0600. The van der Waals surface area contributed by atoms with Crippen LogP contribution >= 0.6 is 0 Å². The molecular formula is C16H13N3O4. The number of benzene rings is 2. The smallest absolute Gasteiger partial charge is 0.337 e. The number of ether oxygens (including phenoxy) is 1. The Bertz CT molecular complexity index is 955. The Morgan fingerprint density at radius 3 is 2.65 bits per heavy atom. The van der Waals surface area contributed by atoms with Gasteiger partial charge in [0.25, 0.3) is 5.91 Å². The molecule has 0 spiro atoms. The molecular weight excluding hydrogens is 298 g/mol. The van der Waals surface area contributed by atoms with Gasteiger partial charge in [0.1, 0.15) is 0 Å². The summed E-state index contributed by atoms with van der Waals surface area (Å²) in [6, 6.07) is 11.4. The lowest BCUT2D eigenvalue weighted by atomic mass is 10.1. The molecule has 2 aromatic carbocycles. The Morgan fingerprint density at radius 1 is 1.09 bits per heavy atom. The van der Waals surface area contributed by atoms with Crippen molar-refractivity contribution in [3.8, 4) is 0 Å². The molecule has 1 amide bonds. The first-order valence-electron chi connectivity index (χ1n) is 6.79. The zero-order valence-electron chi connectivity index (χ0n) is 12.2. The number of aromatic amines is 2. The molecule has 3 N–H and O–H groups in total. The lowest BCUT2D eigenvalue weighted by Gasteiger charge is -2.07. The fourth-order valence-corrected chi connectivity index (χ4v) is 2.29. The van der Waals surface area contributed by atoms with E-state index in [0.717, 1.165) is 0 Å². The molecule has 23 heavy (non-hydrogen) atoms. The minimum absolute atomic E-state index is 0.323. The summed E-state index contributed by atoms with van der Waals surface area (Å²) in [5, 5.41) is 2.70. The topological polar surface area (TPSA) is 104 Å². The van der Waals surface area contributed by atoms with Crippen LogP contribution in [0, 0.1) is 0 Å². The van der Waals surface area contributed by atoms with Crippen molar-refractivity contribution >= 4 is 28.6 Å². The van der Waals surface area contributed by atoms with Crippen molar-refractivity contribution in [2.24, 2.45) is 0 Å². The van der Waals surface area contributed by atoms with E-state index in [0.29, 0.717) is 27.8 Å². The third-order valence-corrected chi connectivity index (χ3v) is 3.34. The van der Waals surface area contributed by atoms with Crippen LogP contribution in [-0.2, 0) is 4.74 Å². The molecule has 0 aliphatic heterocycles. The Balaban J connectivity index is 1.92. The van der Waals surface area contributed by atoms with Gasteiger partial charge in [-0.1, -0.05) is 12.1 Å². The van der Waals surface area contributed by atoms with E-state index < -0.39 is 11.9 Å². The van der Waals surface area contributed by atoms with Crippen molar-refractivity contribution in [3.05, 3.63) is 64.1 Å². The average Bonchev–Trinajstić information content (AvgIpc) is 2.94. The second-order valence-electron chi connectivity index (χ2n) is 4.83. The highest BCUT2D eigenvalue weighted by molar-refractivity contribution is 6.11. The average molecular weight is 311 g/mol. The summed E-state index contributed by atoms with van der Waals surface area (Å²) in [6.45, 7) is 0. The number of rotatable bonds is 3. The Kier molecular flexibility index (Phi) is 3.68. The summed E-state index contributed by atoms with van der Waals surface area (Å²) in [6.07, 6.45) is 0. The van der Waals surface area contributed by atoms with Gasteiger partial charge in [-0.15, -0.1) is 0 Å². The SMILES string of the molecule is COC(=O)c1cccc(NC(=O)c2cccc3[nH]c(=O)[nH]c23)c1. The van der Waals surface area contributed by atoms with Crippen LogP contribution < -0.4 is 11.0 Å². The predicted octanol–water partition coefficient (Wildman–Crippen LogP) is 1.90. The Labute approximate surface area is 130 Å². The lowest BCUT2D eigenvalue weighted by Crippen LogP contribution is -2.13. The van der Waals surface area contributed by atoms with Crippen LogP contribution in [0.25, 0.3) is 11.0 Å². The van der Waals surface area contributed by atoms with Crippen LogP contribution in [0.5, 0.6) is 0 Å². The van der Waals surface area contributed by atoms with Gasteiger partial charge in [-0.05, 0) is 30.3 Å². The molecule has 0 saturated heterocycles. The summed E-state index contributed by atoms with van der Waals surface area (Å²) in [5.41, 5.74) is 1.70. The highest BCUT2D eigenvalue weighted by Gasteiger charge is 2.13. The monoisotopic (exact) mass is 311 g/mol. The molecule has 1 aromatic heterocycles. The zero-order chi connectivity index (χ0) is 16.4. The van der Waals surface area contributed by atoms with Gasteiger partial charge in [-0.2, -0.15) is 0 Å². The summed E-state index contributed by atoms with van der Waals surface area (Å²) >= 11 is 0. The predicted molar refractivity (Wildman–Crippen MR) is 84.7 cm³/mol. The maximum atomic E-state index is 12.4. The number of imidazole rings is 1. The number of hydrogen-bond donors (Lipinski definition) is 3. The van der Waals surface area contributed by atoms with Crippen LogP contribution in [0.15, 0.2) is 47.3 Å². The van der Waals surface area contributed by atoms with E-state index in [2.05, 4.69) is 20.0 Å². The first-order chi connectivity index (χ1) is 11.1. The van der Waals surface area contributed by atoms with Crippen molar-refractivity contribution < 1.29 is 14.3 Å². The highest BCUT2D eigenvalue weighted by Crippen LogP contribution is 2.17. The van der Waals surface area contributed by atoms with Crippen molar-refractivity contribution in [3.63, 3.8) is 0 Å². The van der Waals surface area contributed by atoms with Gasteiger partial charge in [-0.3, -0.25) is 4.79 Å². The number of esters is 1. The van der Waals surface area contributed by atoms with Crippen molar-refractivity contribution in [1.82, 2.24) is 9.97 Å². The first-order valence-corrected chi connectivity index (χ1v) is 6.79. The van der Waals surface area contributed by atoms with Gasteiger partial charge in [0.05, 0.1) is 29.3 Å². The molecule has 3 rings (SSSR count). The number of anilines is 1. The van der Waals surface area contributed by atoms with E-state index in [1.54, 1.807) is 36.4 Å². The number of aromatic nitrogens is 2. The van der Waals surface area contributed by atoms with E-state index in [9.17, 15) is 14.4 Å². The third-order valence-electron chi connectivity index (χ3n) is 3.34. The number of para-hydroxylation sites is 1. The molecule has 0 fully saturated rings. The Hall–Kier alpha value is -3.35. The maximum Gasteiger partial charge on any atom is 0.337 e. The minimum atomic E-state index is -0.488. The molecule has 116 valence electrons. The molecule has 0 atom stereocenters. The number of hydrogen-bond acceptors (Lipinski definition) is 4. The van der Waals surface area contributed by atoms with Crippen LogP contribution in [0.4, 0.5) is 5.69 Å². The number of fused-ring (bicyclic) bond motifs is 1. The number of methoxy groups -OCH3 is 1. The normalized spacial score (nSPS) is 10.5. The molecule has 0 saturated carbocycles. The van der Waals surface area contributed by atoms with E-state index in [1.165, 1.54) is 13.2 Å². The van der Waals surface area contributed by atoms with Crippen molar-refractivity contribution in [2.75, 3.05) is 12.4 Å². The molecule has 1 heterocycles. The molecule has 0 aliphatic carbocycles. The van der Waals surface area contributed by atoms with Gasteiger partial charge in [0, 0.05) is 5.69 Å². The summed E-state index contributed by atoms with van der Waals surface area (Å²) in [5.74, 6) is -0.883. The van der Waals surface area contributed by atoms with Crippen LogP contribution in [0.3, 0.4) is 0 Å². The minimum Gasteiger partial charge on any atom is -0.465 e. The summed E-state index contributed by atoms with van der Waals surface area (Å²) in [7, 11) is 1.29. The second-order valence-corrected chi connectivity index (χ2v) is 4.83. The van der Waals surface area contributed by atoms with Crippen LogP contribution in [0.2, 0.25) is 0 Å². The van der Waals surface area contributed by atoms with E-state index in [-0.39, 0.29) is 5.69 Å². The fourth-order valence-electron chi connectivity index (χ4n) is 2.29. The maximum absolute atomic E-state index is 12.4. The van der Waals surface area contributed by atoms with E-state index in [4.69, 9.17) is 0 Å². The van der Waals surface area contributed by atoms with Gasteiger partial charge in [-0.25, -0.2) is 9.59 Å². The standard InChI is InChI=1S/C16H13N3O4/c1-23-15(21)9-4-2-5-10(8-9)17-14(20)11-6-3-7-12-13(11)19-16(22)18-12/h2-8H,1H3,(H,17,20)(H2,18,19,22). The third kappa shape index (κ3) is 2.84. The molecule has 0 radical (unpaired) electrons. The van der Waals surface area contributed by atoms with E-state index in [1.807, 2.05) is 0 Å². The second kappa shape index (κ2) is 5.80. The van der Waals surface area contributed by atoms with Gasteiger partial charge in [0.15, 0.2) is 0 Å². The molecule has 3 aromatic rings. The molecule has 7 heteroatoms. The number of H-pyrrole nitrogens is 2. The highest BCUT2D eigenvalue weighted by atomic mass is 16.5. The summed E-state index contributed by atoms with van der Waals surface area (Å²) in [4.78, 5) is 40.5. The van der Waals surface area contributed by atoms with Crippen molar-refractivity contribution in [2.45, 2.75) is 0 Å². The summed E-state index contributed by atoms with van der Waals surface area (Å²) < 4.78 is 4.65. The number of amides is 1. The van der Waals surface area contributed by atoms with Gasteiger partial charge >= 0.3 is 11.7 Å². The molecule has 0 unspecified atom stereocenters. The van der Waals surface area contributed by atoms with Gasteiger partial charge in [0.2, 0.25) is 0 Å². The fraction of sp³-hybridized carbons (Fsp3) is 0.0625. The largest absolute Gasteiger partial charge is 0.465 e. The van der Waals surface area contributed by atoms with Crippen molar-refractivity contribution in [1.29, 1.82) is 0 Å². The van der Waals surface area contributed by atoms with Gasteiger partial charge < -0.3 is 20.0 Å².